The number of hydrogen-bond donors (Lipinski definition) is 0. The molecule has 8 aromatic carbocycles. The molecule has 0 fully saturated rings. The first-order valence-corrected chi connectivity index (χ1v) is 42.5. The number of halogens is 3. The van der Waals surface area contributed by atoms with Gasteiger partial charge in [-0.25, -0.2) is 0 Å². The van der Waals surface area contributed by atoms with Crippen LogP contribution in [0.3, 0.4) is 0 Å². The van der Waals surface area contributed by atoms with Gasteiger partial charge in [0, 0.05) is 0 Å². The van der Waals surface area contributed by atoms with Gasteiger partial charge in [-0.3, -0.25) is 0 Å². The summed E-state index contributed by atoms with van der Waals surface area (Å²) in [4.78, 5) is 0. The van der Waals surface area contributed by atoms with Crippen LogP contribution in [0.25, 0.3) is 0 Å². The van der Waals surface area contributed by atoms with Gasteiger partial charge in [0.15, 0.2) is 0 Å². The molecule has 0 aliphatic heterocycles. The van der Waals surface area contributed by atoms with Gasteiger partial charge in [-0.1, -0.05) is 0 Å². The molecule has 8 aromatic rings. The summed E-state index contributed by atoms with van der Waals surface area (Å²) in [6, 6.07) is 90.2. The number of hydrogen-bond acceptors (Lipinski definition) is 0. The standard InChI is InChI=1S/2C24H20AsP.3ClH.Rh/c2*1-5-13-21(14-6-1)25(22-15-7-2-8-16-22)26(23-17-9-3-10-18-23)24-19-11-4-12-20-24;;;;/h2*1-20H;3*1H;/q;;;;;+2/p-2. The molecule has 0 atom stereocenters. The van der Waals surface area contributed by atoms with Crippen molar-refractivity contribution in [1.82, 2.24) is 0 Å². The SMILES string of the molecule is Cl.[Cl][Rh]([Cl])([As](c1ccccc1)(c1ccccc1)P(c1ccccc1)c1ccccc1)[As](c1ccccc1)(c1ccccc1)P(c1ccccc1)c1ccccc1. The van der Waals surface area contributed by atoms with E-state index in [0.717, 1.165) is 0 Å². The van der Waals surface area contributed by atoms with Crippen LogP contribution in [-0.4, -0.2) is 21.4 Å². The van der Waals surface area contributed by atoms with Crippen LogP contribution in [0, 0.1) is 0 Å². The van der Waals surface area contributed by atoms with E-state index in [2.05, 4.69) is 243 Å². The second kappa shape index (κ2) is 18.9. The Kier molecular flexibility index (Phi) is 13.9. The second-order valence-corrected chi connectivity index (χ2v) is 86.8. The zero-order valence-corrected chi connectivity index (χ0v) is 39.9. The summed E-state index contributed by atoms with van der Waals surface area (Å²) in [6.45, 7) is -2.23. The van der Waals surface area contributed by atoms with Crippen LogP contribution >= 0.6 is 44.8 Å². The van der Waals surface area contributed by atoms with Gasteiger partial charge < -0.3 is 0 Å². The monoisotopic (exact) mass is 1040 g/mol. The van der Waals surface area contributed by atoms with E-state index < -0.39 is 42.8 Å². The minimum atomic E-state index is -4.12. The molecule has 0 aliphatic carbocycles. The molecule has 0 heterocycles. The second-order valence-electron chi connectivity index (χ2n) is 12.7. The maximum atomic E-state index is 9.42. The van der Waals surface area contributed by atoms with E-state index >= 15 is 0 Å². The summed E-state index contributed by atoms with van der Waals surface area (Å²) >= 11 is 0. The molecule has 0 nitrogen and oxygen atoms in total. The van der Waals surface area contributed by atoms with Crippen LogP contribution in [-0.2, 0) is 8.45 Å². The van der Waals surface area contributed by atoms with Gasteiger partial charge in [-0.2, -0.15) is 0 Å². The van der Waals surface area contributed by atoms with Crippen molar-refractivity contribution < 1.29 is 8.45 Å². The van der Waals surface area contributed by atoms with Crippen molar-refractivity contribution >= 4 is 105 Å². The van der Waals surface area contributed by atoms with Crippen molar-refractivity contribution in [2.75, 3.05) is 0 Å². The quantitative estimate of drug-likeness (QED) is 0.0846. The molecule has 8 heteroatoms. The molecule has 0 saturated heterocycles. The van der Waals surface area contributed by atoms with Crippen LogP contribution in [0.5, 0.6) is 0 Å². The summed E-state index contributed by atoms with van der Waals surface area (Å²) in [7, 11) is 6.78. The summed E-state index contributed by atoms with van der Waals surface area (Å²) < 4.78 is 5.36. The minimum absolute atomic E-state index is 0. The van der Waals surface area contributed by atoms with Crippen molar-refractivity contribution in [3.8, 4) is 0 Å². The fourth-order valence-corrected chi connectivity index (χ4v) is 217. The van der Waals surface area contributed by atoms with E-state index in [1.807, 2.05) is 0 Å². The van der Waals surface area contributed by atoms with E-state index in [0.29, 0.717) is 0 Å². The Morgan fingerprint density at radius 1 is 0.268 bits per heavy atom. The number of rotatable bonds is 12. The molecule has 0 unspecified atom stereocenters. The van der Waals surface area contributed by atoms with Gasteiger partial charge in [0.05, 0.1) is 0 Å². The average molecular weight is 1040 g/mol. The van der Waals surface area contributed by atoms with Crippen molar-refractivity contribution in [3.05, 3.63) is 243 Å². The van der Waals surface area contributed by atoms with Crippen molar-refractivity contribution in [1.29, 1.82) is 0 Å². The van der Waals surface area contributed by atoms with E-state index in [4.69, 9.17) is 0 Å². The van der Waals surface area contributed by atoms with E-state index in [1.165, 1.54) is 38.6 Å². The Morgan fingerprint density at radius 2 is 0.429 bits per heavy atom. The first kappa shape index (κ1) is 41.4. The van der Waals surface area contributed by atoms with Gasteiger partial charge >= 0.3 is 343 Å². The zero-order valence-electron chi connectivity index (χ0n) is 30.4. The van der Waals surface area contributed by atoms with Crippen molar-refractivity contribution in [2.24, 2.45) is 0 Å². The molecular formula is C48H41As2Cl3P2Rh. The predicted molar refractivity (Wildman–Crippen MR) is 253 cm³/mol. The topological polar surface area (TPSA) is 0 Å². The Balaban J connectivity index is 0.00000480. The average Bonchev–Trinajstić information content (AvgIpc) is 3.27. The molecular weight excluding hydrogens is 998 g/mol. The normalized spacial score (nSPS) is 12.2. The fourth-order valence-electron chi connectivity index (χ4n) is 7.14. The van der Waals surface area contributed by atoms with Crippen molar-refractivity contribution in [3.63, 3.8) is 0 Å². The van der Waals surface area contributed by atoms with E-state index in [-0.39, 0.29) is 12.4 Å². The third-order valence-electron chi connectivity index (χ3n) is 9.40. The molecule has 0 aromatic heterocycles. The molecule has 0 saturated carbocycles. The zero-order chi connectivity index (χ0) is 37.6. The van der Waals surface area contributed by atoms with Crippen LogP contribution in [0.15, 0.2) is 243 Å². The van der Waals surface area contributed by atoms with E-state index in [9.17, 15) is 19.4 Å². The summed E-state index contributed by atoms with van der Waals surface area (Å²) in [6.07, 6.45) is 0. The first-order valence-electron chi connectivity index (χ1n) is 18.0. The van der Waals surface area contributed by atoms with Gasteiger partial charge in [-0.15, -0.1) is 12.4 Å². The molecule has 8 rings (SSSR count). The summed E-state index contributed by atoms with van der Waals surface area (Å²) in [5.41, 5.74) is 0. The Bertz CT molecular complexity index is 2070. The molecule has 0 aliphatic rings. The van der Waals surface area contributed by atoms with Crippen LogP contribution < -0.4 is 38.6 Å². The van der Waals surface area contributed by atoms with Crippen LogP contribution in [0.4, 0.5) is 0 Å². The molecule has 0 spiro atoms. The fraction of sp³-hybridized carbons (Fsp3) is 0. The van der Waals surface area contributed by atoms with Gasteiger partial charge in [0.2, 0.25) is 0 Å². The Morgan fingerprint density at radius 3 is 0.607 bits per heavy atom. The van der Waals surface area contributed by atoms with Gasteiger partial charge in [0.25, 0.3) is 0 Å². The Hall–Kier alpha value is -2.77. The summed E-state index contributed by atoms with van der Waals surface area (Å²) in [5, 5.41) is 5.30. The van der Waals surface area contributed by atoms with Crippen molar-refractivity contribution in [2.45, 2.75) is 0 Å². The third kappa shape index (κ3) is 7.51. The maximum absolute atomic E-state index is 9.42. The van der Waals surface area contributed by atoms with Crippen LogP contribution in [0.1, 0.15) is 0 Å². The third-order valence-corrected chi connectivity index (χ3v) is 156. The Labute approximate surface area is 352 Å². The summed E-state index contributed by atoms with van der Waals surface area (Å²) in [5.74, 6) is 0. The van der Waals surface area contributed by atoms with Gasteiger partial charge in [-0.05, 0) is 0 Å². The molecule has 0 amide bonds. The first-order chi connectivity index (χ1) is 27.1. The molecule has 56 heavy (non-hydrogen) atoms. The molecule has 2 radical (unpaired) electrons. The molecule has 0 bridgehead atoms. The number of benzene rings is 8. The predicted octanol–water partition coefficient (Wildman–Crippen LogP) is 9.65. The molecule has 0 N–H and O–H groups in total. The van der Waals surface area contributed by atoms with E-state index in [1.54, 1.807) is 0 Å². The van der Waals surface area contributed by atoms with Crippen LogP contribution in [0.2, 0.25) is 0 Å². The molecule has 283 valence electrons. The van der Waals surface area contributed by atoms with Gasteiger partial charge in [0.1, 0.15) is 0 Å².